The number of carbonyl (C=O) groups excluding carboxylic acids is 2. The SMILES string of the molecule is O=C(C[n+]1[c-]n(-c2ccccn2)cc1)NCC(=O)OCc1ccccc1. The van der Waals surface area contributed by atoms with Crippen LogP contribution in [0.4, 0.5) is 0 Å². The Hall–Kier alpha value is -3.48. The second kappa shape index (κ2) is 8.57. The van der Waals surface area contributed by atoms with Gasteiger partial charge in [-0.05, 0) is 17.7 Å². The molecule has 0 saturated heterocycles. The maximum Gasteiger partial charge on any atom is 0.325 e. The van der Waals surface area contributed by atoms with Crippen LogP contribution in [0.3, 0.4) is 0 Å². The Bertz CT molecular complexity index is 863. The first-order valence-corrected chi connectivity index (χ1v) is 8.08. The molecule has 1 amide bonds. The van der Waals surface area contributed by atoms with Crippen molar-refractivity contribution in [1.82, 2.24) is 14.9 Å². The first kappa shape index (κ1) is 17.3. The third-order valence-corrected chi connectivity index (χ3v) is 3.51. The number of amides is 1. The van der Waals surface area contributed by atoms with Gasteiger partial charge in [-0.1, -0.05) is 36.4 Å². The van der Waals surface area contributed by atoms with Crippen LogP contribution < -0.4 is 9.88 Å². The van der Waals surface area contributed by atoms with Gasteiger partial charge in [0.2, 0.25) is 6.33 Å². The van der Waals surface area contributed by atoms with Crippen LogP contribution in [0.15, 0.2) is 67.1 Å². The van der Waals surface area contributed by atoms with Crippen molar-refractivity contribution in [3.05, 3.63) is 79.0 Å². The fraction of sp³-hybridized carbons (Fsp3) is 0.158. The Morgan fingerprint density at radius 3 is 2.73 bits per heavy atom. The topological polar surface area (TPSA) is 77.1 Å². The van der Waals surface area contributed by atoms with Gasteiger partial charge in [-0.2, -0.15) is 0 Å². The normalized spacial score (nSPS) is 10.3. The summed E-state index contributed by atoms with van der Waals surface area (Å²) in [4.78, 5) is 27.9. The van der Waals surface area contributed by atoms with Gasteiger partial charge in [0.15, 0.2) is 6.54 Å². The summed E-state index contributed by atoms with van der Waals surface area (Å²) in [6.45, 7) is 0.0595. The molecule has 0 aliphatic heterocycles. The minimum atomic E-state index is -0.484. The predicted molar refractivity (Wildman–Crippen MR) is 91.8 cm³/mol. The number of nitrogens with one attached hydrogen (secondary N) is 1. The number of rotatable bonds is 7. The summed E-state index contributed by atoms with van der Waals surface area (Å²) in [5.74, 6) is -0.0833. The average Bonchev–Trinajstić information content (AvgIpc) is 3.15. The van der Waals surface area contributed by atoms with E-state index in [1.165, 1.54) is 0 Å². The Morgan fingerprint density at radius 2 is 1.96 bits per heavy atom. The van der Waals surface area contributed by atoms with E-state index in [4.69, 9.17) is 4.74 Å². The zero-order valence-corrected chi connectivity index (χ0v) is 14.0. The summed E-state index contributed by atoms with van der Waals surface area (Å²) in [6, 6.07) is 14.9. The number of esters is 1. The van der Waals surface area contributed by atoms with Gasteiger partial charge in [0.1, 0.15) is 19.0 Å². The highest BCUT2D eigenvalue weighted by Gasteiger charge is 2.09. The molecule has 7 heteroatoms. The van der Waals surface area contributed by atoms with E-state index in [-0.39, 0.29) is 25.6 Å². The standard InChI is InChI=1S/C19H18N4O3/c24-18(21-12-19(25)26-14-16-6-2-1-3-7-16)13-22-10-11-23(15-22)17-8-4-5-9-20-17/h1-11H,12-14H2,(H,21,24). The van der Waals surface area contributed by atoms with Crippen molar-refractivity contribution >= 4 is 11.9 Å². The molecule has 2 aromatic heterocycles. The number of nitrogens with zero attached hydrogens (tertiary/aromatic N) is 3. The zero-order chi connectivity index (χ0) is 18.2. The molecule has 132 valence electrons. The molecule has 0 saturated carbocycles. The molecule has 7 nitrogen and oxygen atoms in total. The lowest BCUT2D eigenvalue weighted by Crippen LogP contribution is -2.43. The van der Waals surface area contributed by atoms with Crippen molar-refractivity contribution in [1.29, 1.82) is 0 Å². The van der Waals surface area contributed by atoms with Gasteiger partial charge in [0, 0.05) is 18.6 Å². The van der Waals surface area contributed by atoms with Crippen LogP contribution in [0.5, 0.6) is 0 Å². The number of hydrogen-bond donors (Lipinski definition) is 1. The van der Waals surface area contributed by atoms with Crippen LogP contribution in [-0.4, -0.2) is 28.0 Å². The van der Waals surface area contributed by atoms with Crippen molar-refractivity contribution in [2.45, 2.75) is 13.2 Å². The Morgan fingerprint density at radius 1 is 1.15 bits per heavy atom. The highest BCUT2D eigenvalue weighted by atomic mass is 16.5. The van der Waals surface area contributed by atoms with E-state index >= 15 is 0 Å². The van der Waals surface area contributed by atoms with Crippen LogP contribution in [0, 0.1) is 6.33 Å². The fourth-order valence-corrected chi connectivity index (χ4v) is 2.23. The van der Waals surface area contributed by atoms with Gasteiger partial charge < -0.3 is 19.2 Å². The molecule has 26 heavy (non-hydrogen) atoms. The third-order valence-electron chi connectivity index (χ3n) is 3.51. The molecule has 0 spiro atoms. The number of imidazole rings is 1. The second-order valence-corrected chi connectivity index (χ2v) is 5.51. The molecule has 0 bridgehead atoms. The molecule has 0 aliphatic carbocycles. The first-order chi connectivity index (χ1) is 12.7. The van der Waals surface area contributed by atoms with Gasteiger partial charge in [-0.3, -0.25) is 14.6 Å². The van der Waals surface area contributed by atoms with Crippen molar-refractivity contribution in [2.75, 3.05) is 6.54 Å². The highest BCUT2D eigenvalue weighted by Crippen LogP contribution is 2.01. The van der Waals surface area contributed by atoms with E-state index in [1.54, 1.807) is 27.7 Å². The molecule has 1 N–H and O–H groups in total. The predicted octanol–water partition coefficient (Wildman–Crippen LogP) is 0.820. The second-order valence-electron chi connectivity index (χ2n) is 5.51. The molecule has 0 radical (unpaired) electrons. The van der Waals surface area contributed by atoms with Crippen molar-refractivity contribution < 1.29 is 18.9 Å². The smallest absolute Gasteiger partial charge is 0.325 e. The van der Waals surface area contributed by atoms with Crippen LogP contribution in [0.25, 0.3) is 5.82 Å². The summed E-state index contributed by atoms with van der Waals surface area (Å²) < 4.78 is 8.37. The van der Waals surface area contributed by atoms with Crippen molar-refractivity contribution in [3.8, 4) is 5.82 Å². The first-order valence-electron chi connectivity index (χ1n) is 8.08. The van der Waals surface area contributed by atoms with Crippen LogP contribution >= 0.6 is 0 Å². The summed E-state index contributed by atoms with van der Waals surface area (Å²) in [5, 5.41) is 2.54. The molecule has 3 rings (SSSR count). The molecule has 0 aliphatic rings. The fourth-order valence-electron chi connectivity index (χ4n) is 2.23. The minimum Gasteiger partial charge on any atom is -0.460 e. The van der Waals surface area contributed by atoms with Gasteiger partial charge in [-0.15, -0.1) is 0 Å². The van der Waals surface area contributed by atoms with Gasteiger partial charge in [0.05, 0.1) is 0 Å². The lowest BCUT2D eigenvalue weighted by atomic mass is 10.2. The Balaban J connectivity index is 1.43. The molecular weight excluding hydrogens is 332 g/mol. The molecule has 0 unspecified atom stereocenters. The molecule has 3 aromatic rings. The highest BCUT2D eigenvalue weighted by molar-refractivity contribution is 5.80. The maximum absolute atomic E-state index is 12.0. The molecule has 1 aromatic carbocycles. The summed E-state index contributed by atoms with van der Waals surface area (Å²) in [7, 11) is 0. The molecule has 2 heterocycles. The number of aromatic nitrogens is 3. The van der Waals surface area contributed by atoms with Gasteiger partial charge in [-0.25, -0.2) is 0 Å². The van der Waals surface area contributed by atoms with E-state index in [0.717, 1.165) is 5.56 Å². The maximum atomic E-state index is 12.0. The van der Waals surface area contributed by atoms with Crippen LogP contribution in [0.1, 0.15) is 5.56 Å². The molecular formula is C19H18N4O3. The van der Waals surface area contributed by atoms with Crippen molar-refractivity contribution in [3.63, 3.8) is 0 Å². The third kappa shape index (κ3) is 5.01. The van der Waals surface area contributed by atoms with Crippen LogP contribution in [0.2, 0.25) is 0 Å². The number of ether oxygens (including phenoxy) is 1. The quantitative estimate of drug-likeness (QED) is 0.389. The summed E-state index contributed by atoms with van der Waals surface area (Å²) >= 11 is 0. The lowest BCUT2D eigenvalue weighted by Gasteiger charge is -2.06. The summed E-state index contributed by atoms with van der Waals surface area (Å²) in [6.07, 6.45) is 8.13. The van der Waals surface area contributed by atoms with Gasteiger partial charge in [0.25, 0.3) is 5.91 Å². The van der Waals surface area contributed by atoms with Gasteiger partial charge >= 0.3 is 5.97 Å². The average molecular weight is 350 g/mol. The minimum absolute atomic E-state index is 0.0474. The number of carbonyl (C=O) groups is 2. The van der Waals surface area contributed by atoms with E-state index in [1.807, 2.05) is 48.5 Å². The van der Waals surface area contributed by atoms with E-state index in [2.05, 4.69) is 16.6 Å². The monoisotopic (exact) mass is 350 g/mol. The molecule has 0 atom stereocenters. The number of benzene rings is 1. The zero-order valence-electron chi connectivity index (χ0n) is 14.0. The number of pyridine rings is 1. The number of hydrogen-bond acceptors (Lipinski definition) is 4. The van der Waals surface area contributed by atoms with E-state index in [9.17, 15) is 9.59 Å². The van der Waals surface area contributed by atoms with E-state index in [0.29, 0.717) is 5.82 Å². The largest absolute Gasteiger partial charge is 0.460 e. The van der Waals surface area contributed by atoms with Crippen LogP contribution in [-0.2, 0) is 27.5 Å². The lowest BCUT2D eigenvalue weighted by molar-refractivity contribution is -0.687. The summed E-state index contributed by atoms with van der Waals surface area (Å²) in [5.41, 5.74) is 0.896. The Labute approximate surface area is 150 Å². The Kier molecular flexibility index (Phi) is 5.72. The molecule has 0 fully saturated rings. The van der Waals surface area contributed by atoms with E-state index < -0.39 is 5.97 Å². The van der Waals surface area contributed by atoms with Crippen molar-refractivity contribution in [2.24, 2.45) is 0 Å².